The van der Waals surface area contributed by atoms with Crippen molar-refractivity contribution in [3.8, 4) is 0 Å². The van der Waals surface area contributed by atoms with E-state index in [4.69, 9.17) is 11.6 Å². The first-order valence-electron chi connectivity index (χ1n) is 8.33. The van der Waals surface area contributed by atoms with Gasteiger partial charge in [-0.2, -0.15) is 0 Å². The van der Waals surface area contributed by atoms with Gasteiger partial charge in [0.05, 0.1) is 0 Å². The highest BCUT2D eigenvalue weighted by Gasteiger charge is 2.33. The molecule has 1 amide bonds. The molecule has 1 saturated heterocycles. The molecule has 0 radical (unpaired) electrons. The number of hydrogen-bond acceptors (Lipinski definition) is 3. The van der Waals surface area contributed by atoms with E-state index in [0.29, 0.717) is 6.54 Å². The normalized spacial score (nSPS) is 23.1. The van der Waals surface area contributed by atoms with Crippen LogP contribution >= 0.6 is 11.6 Å². The molecular weight excluding hydrogens is 322 g/mol. The minimum atomic E-state index is -0.184. The Hall–Kier alpha value is -1.88. The number of nitrogens with one attached hydrogen (secondary N) is 2. The van der Waals surface area contributed by atoms with Crippen LogP contribution in [0.15, 0.2) is 48.5 Å². The molecular formula is C19H20ClN3O. The molecule has 2 aromatic rings. The fourth-order valence-corrected chi connectivity index (χ4v) is 3.66. The zero-order valence-corrected chi connectivity index (χ0v) is 14.1. The molecule has 2 aliphatic heterocycles. The standard InChI is InChI=1S/C19H20ClN3O/c20-16-7-5-14(6-8-16)17-11-18(22-21-17)19(24)23-10-9-13-3-1-2-4-15(13)12-23/h1-8,17-18,21-22H,9-12H2. The second-order valence-electron chi connectivity index (χ2n) is 6.46. The van der Waals surface area contributed by atoms with Gasteiger partial charge >= 0.3 is 0 Å². The average molecular weight is 342 g/mol. The predicted molar refractivity (Wildman–Crippen MR) is 94.4 cm³/mol. The summed E-state index contributed by atoms with van der Waals surface area (Å²) in [5, 5.41) is 0.726. The van der Waals surface area contributed by atoms with Crippen molar-refractivity contribution in [1.29, 1.82) is 0 Å². The Labute approximate surface area is 146 Å². The summed E-state index contributed by atoms with van der Waals surface area (Å²) in [6.45, 7) is 1.50. The van der Waals surface area contributed by atoms with Crippen LogP contribution in [0.1, 0.15) is 29.2 Å². The molecule has 2 aromatic carbocycles. The van der Waals surface area contributed by atoms with Crippen molar-refractivity contribution < 1.29 is 4.79 Å². The Morgan fingerprint density at radius 2 is 1.79 bits per heavy atom. The first kappa shape index (κ1) is 15.6. The smallest absolute Gasteiger partial charge is 0.241 e. The van der Waals surface area contributed by atoms with Crippen molar-refractivity contribution in [2.24, 2.45) is 0 Å². The van der Waals surface area contributed by atoms with Gasteiger partial charge in [-0.3, -0.25) is 4.79 Å². The van der Waals surface area contributed by atoms with Gasteiger partial charge in [0.15, 0.2) is 0 Å². The second-order valence-corrected chi connectivity index (χ2v) is 6.90. The summed E-state index contributed by atoms with van der Waals surface area (Å²) in [4.78, 5) is 14.8. The summed E-state index contributed by atoms with van der Waals surface area (Å²) in [5.41, 5.74) is 10.2. The monoisotopic (exact) mass is 341 g/mol. The number of hydrazine groups is 1. The molecule has 2 aliphatic rings. The van der Waals surface area contributed by atoms with Gasteiger partial charge in [0.25, 0.3) is 0 Å². The molecule has 124 valence electrons. The highest BCUT2D eigenvalue weighted by Crippen LogP contribution is 2.26. The van der Waals surface area contributed by atoms with Gasteiger partial charge in [0.1, 0.15) is 6.04 Å². The highest BCUT2D eigenvalue weighted by molar-refractivity contribution is 6.30. The van der Waals surface area contributed by atoms with Crippen LogP contribution in [0.2, 0.25) is 5.02 Å². The summed E-state index contributed by atoms with van der Waals surface area (Å²) >= 11 is 5.94. The van der Waals surface area contributed by atoms with Crippen LogP contribution in [-0.2, 0) is 17.8 Å². The first-order valence-corrected chi connectivity index (χ1v) is 8.70. The van der Waals surface area contributed by atoms with Crippen LogP contribution in [0.3, 0.4) is 0 Å². The van der Waals surface area contributed by atoms with Crippen molar-refractivity contribution >= 4 is 17.5 Å². The van der Waals surface area contributed by atoms with E-state index in [0.717, 1.165) is 30.0 Å². The molecule has 4 nitrogen and oxygen atoms in total. The summed E-state index contributed by atoms with van der Waals surface area (Å²) < 4.78 is 0. The molecule has 0 spiro atoms. The largest absolute Gasteiger partial charge is 0.337 e. The number of fused-ring (bicyclic) bond motifs is 1. The van der Waals surface area contributed by atoms with Crippen molar-refractivity contribution in [1.82, 2.24) is 15.8 Å². The number of carbonyl (C=O) groups excluding carboxylic acids is 1. The third-order valence-corrected chi connectivity index (χ3v) is 5.17. The predicted octanol–water partition coefficient (Wildman–Crippen LogP) is 2.83. The topological polar surface area (TPSA) is 44.4 Å². The molecule has 0 aliphatic carbocycles. The number of amides is 1. The summed E-state index contributed by atoms with van der Waals surface area (Å²) in [6.07, 6.45) is 1.68. The average Bonchev–Trinajstić information content (AvgIpc) is 3.11. The Morgan fingerprint density at radius 3 is 2.58 bits per heavy atom. The summed E-state index contributed by atoms with van der Waals surface area (Å²) in [5.74, 6) is 0.175. The quantitative estimate of drug-likeness (QED) is 0.883. The molecule has 0 aromatic heterocycles. The number of benzene rings is 2. The van der Waals surface area contributed by atoms with Crippen LogP contribution in [0.4, 0.5) is 0 Å². The second kappa shape index (κ2) is 6.55. The van der Waals surface area contributed by atoms with Gasteiger partial charge in [-0.05, 0) is 41.7 Å². The van der Waals surface area contributed by atoms with E-state index in [9.17, 15) is 4.79 Å². The number of nitrogens with zero attached hydrogens (tertiary/aromatic N) is 1. The maximum absolute atomic E-state index is 12.8. The number of rotatable bonds is 2. The maximum Gasteiger partial charge on any atom is 0.241 e. The lowest BCUT2D eigenvalue weighted by Crippen LogP contribution is -2.47. The number of halogens is 1. The van der Waals surface area contributed by atoms with Crippen LogP contribution in [-0.4, -0.2) is 23.4 Å². The van der Waals surface area contributed by atoms with E-state index >= 15 is 0 Å². The van der Waals surface area contributed by atoms with E-state index in [1.165, 1.54) is 11.1 Å². The molecule has 24 heavy (non-hydrogen) atoms. The van der Waals surface area contributed by atoms with E-state index in [2.05, 4.69) is 29.1 Å². The fraction of sp³-hybridized carbons (Fsp3) is 0.316. The van der Waals surface area contributed by atoms with Crippen LogP contribution < -0.4 is 10.9 Å². The summed E-state index contributed by atoms with van der Waals surface area (Å²) in [7, 11) is 0. The van der Waals surface area contributed by atoms with Gasteiger partial charge < -0.3 is 4.90 Å². The lowest BCUT2D eigenvalue weighted by atomic mass is 9.98. The lowest BCUT2D eigenvalue weighted by Gasteiger charge is -2.30. The molecule has 4 rings (SSSR count). The molecule has 0 saturated carbocycles. The Bertz CT molecular complexity index is 747. The van der Waals surface area contributed by atoms with Gasteiger partial charge in [0.2, 0.25) is 5.91 Å². The molecule has 5 heteroatoms. The summed E-state index contributed by atoms with van der Waals surface area (Å²) in [6, 6.07) is 16.1. The van der Waals surface area contributed by atoms with Crippen molar-refractivity contribution in [2.45, 2.75) is 31.5 Å². The Morgan fingerprint density at radius 1 is 1.04 bits per heavy atom. The van der Waals surface area contributed by atoms with Gasteiger partial charge in [0, 0.05) is 24.2 Å². The molecule has 0 bridgehead atoms. The highest BCUT2D eigenvalue weighted by atomic mass is 35.5. The van der Waals surface area contributed by atoms with Gasteiger partial charge in [-0.1, -0.05) is 48.0 Å². The fourth-order valence-electron chi connectivity index (χ4n) is 3.54. The van der Waals surface area contributed by atoms with E-state index in [-0.39, 0.29) is 18.0 Å². The van der Waals surface area contributed by atoms with Gasteiger partial charge in [-0.15, -0.1) is 0 Å². The Balaban J connectivity index is 1.42. The molecule has 1 fully saturated rings. The zero-order chi connectivity index (χ0) is 16.5. The van der Waals surface area contributed by atoms with Crippen molar-refractivity contribution in [3.63, 3.8) is 0 Å². The van der Waals surface area contributed by atoms with Crippen LogP contribution in [0, 0.1) is 0 Å². The van der Waals surface area contributed by atoms with E-state index in [1.807, 2.05) is 35.2 Å². The molecule has 2 unspecified atom stereocenters. The van der Waals surface area contributed by atoms with Crippen LogP contribution in [0.5, 0.6) is 0 Å². The number of hydrogen-bond donors (Lipinski definition) is 2. The molecule has 2 heterocycles. The van der Waals surface area contributed by atoms with E-state index < -0.39 is 0 Å². The van der Waals surface area contributed by atoms with Gasteiger partial charge in [-0.25, -0.2) is 10.9 Å². The zero-order valence-electron chi connectivity index (χ0n) is 13.3. The number of carbonyl (C=O) groups is 1. The van der Waals surface area contributed by atoms with Crippen molar-refractivity contribution in [2.75, 3.05) is 6.54 Å². The Kier molecular flexibility index (Phi) is 4.27. The molecule has 2 N–H and O–H groups in total. The third kappa shape index (κ3) is 3.05. The minimum absolute atomic E-state index is 0.133. The third-order valence-electron chi connectivity index (χ3n) is 4.92. The first-order chi connectivity index (χ1) is 11.7. The van der Waals surface area contributed by atoms with Crippen molar-refractivity contribution in [3.05, 3.63) is 70.2 Å². The lowest BCUT2D eigenvalue weighted by molar-refractivity contribution is -0.134. The van der Waals surface area contributed by atoms with E-state index in [1.54, 1.807) is 0 Å². The minimum Gasteiger partial charge on any atom is -0.337 e. The maximum atomic E-state index is 12.8. The SMILES string of the molecule is O=C(C1CC(c2ccc(Cl)cc2)NN1)N1CCc2ccccc2C1. The van der Waals surface area contributed by atoms with Crippen LogP contribution in [0.25, 0.3) is 0 Å². The molecule has 2 atom stereocenters.